The summed E-state index contributed by atoms with van der Waals surface area (Å²) in [6.07, 6.45) is 0. The molecule has 3 rings (SSSR count). The summed E-state index contributed by atoms with van der Waals surface area (Å²) in [5, 5.41) is 9.94. The van der Waals surface area contributed by atoms with Gasteiger partial charge in [0.2, 0.25) is 0 Å². The van der Waals surface area contributed by atoms with E-state index >= 15 is 0 Å². The molecule has 0 bridgehead atoms. The topological polar surface area (TPSA) is 67.0 Å². The summed E-state index contributed by atoms with van der Waals surface area (Å²) in [6, 6.07) is 17.6. The van der Waals surface area contributed by atoms with Gasteiger partial charge in [-0.2, -0.15) is 5.10 Å². The van der Waals surface area contributed by atoms with Crippen LogP contribution < -0.4 is 10.1 Å². The number of amides is 1. The van der Waals surface area contributed by atoms with Crippen LogP contribution in [0.3, 0.4) is 0 Å². The lowest BCUT2D eigenvalue weighted by atomic mass is 10.0. The van der Waals surface area contributed by atoms with Gasteiger partial charge in [0.15, 0.2) is 0 Å². The Kier molecular flexibility index (Phi) is 5.37. The van der Waals surface area contributed by atoms with Crippen LogP contribution in [0, 0.1) is 0 Å². The van der Waals surface area contributed by atoms with Crippen LogP contribution >= 0.6 is 0 Å². The number of H-pyrrole nitrogens is 1. The van der Waals surface area contributed by atoms with Gasteiger partial charge in [0.1, 0.15) is 11.4 Å². The summed E-state index contributed by atoms with van der Waals surface area (Å²) in [6.45, 7) is 4.80. The minimum Gasteiger partial charge on any atom is -0.497 e. The summed E-state index contributed by atoms with van der Waals surface area (Å²) in [5.41, 5.74) is 4.38. The van der Waals surface area contributed by atoms with E-state index in [1.807, 2.05) is 36.4 Å². The van der Waals surface area contributed by atoms with Crippen LogP contribution in [-0.2, 0) is 6.54 Å². The Labute approximate surface area is 153 Å². The molecule has 1 heterocycles. The van der Waals surface area contributed by atoms with Crippen LogP contribution in [0.5, 0.6) is 5.75 Å². The van der Waals surface area contributed by atoms with Crippen molar-refractivity contribution in [2.75, 3.05) is 7.11 Å². The van der Waals surface area contributed by atoms with E-state index in [1.54, 1.807) is 13.2 Å². The molecule has 3 aromatic rings. The third kappa shape index (κ3) is 4.11. The summed E-state index contributed by atoms with van der Waals surface area (Å²) in [4.78, 5) is 12.4. The molecule has 1 amide bonds. The summed E-state index contributed by atoms with van der Waals surface area (Å²) in [7, 11) is 1.62. The van der Waals surface area contributed by atoms with E-state index in [0.717, 1.165) is 16.9 Å². The minimum atomic E-state index is -0.181. The maximum Gasteiger partial charge on any atom is 0.269 e. The van der Waals surface area contributed by atoms with Gasteiger partial charge in [-0.25, -0.2) is 0 Å². The third-order valence-electron chi connectivity index (χ3n) is 4.29. The van der Waals surface area contributed by atoms with Crippen molar-refractivity contribution in [2.24, 2.45) is 0 Å². The number of nitrogens with one attached hydrogen (secondary N) is 2. The second-order valence-corrected chi connectivity index (χ2v) is 6.48. The second-order valence-electron chi connectivity index (χ2n) is 6.48. The third-order valence-corrected chi connectivity index (χ3v) is 4.29. The first-order valence-electron chi connectivity index (χ1n) is 8.63. The maximum absolute atomic E-state index is 12.4. The zero-order chi connectivity index (χ0) is 18.5. The molecule has 0 aliphatic rings. The number of nitrogens with zero attached hydrogens (tertiary/aromatic N) is 1. The summed E-state index contributed by atoms with van der Waals surface area (Å²) < 4.78 is 5.22. The molecule has 0 aliphatic heterocycles. The van der Waals surface area contributed by atoms with Crippen LogP contribution in [0.2, 0.25) is 0 Å². The fourth-order valence-electron chi connectivity index (χ4n) is 2.67. The van der Waals surface area contributed by atoms with Crippen LogP contribution in [-0.4, -0.2) is 23.2 Å². The standard InChI is InChI=1S/C21H23N3O2/c1-14(2)16-9-7-15(8-10-16)13-22-21(25)20-12-19(23-24-20)17-5-4-6-18(11-17)26-3/h4-12,14H,13H2,1-3H3,(H,22,25)(H,23,24). The summed E-state index contributed by atoms with van der Waals surface area (Å²) in [5.74, 6) is 1.07. The smallest absolute Gasteiger partial charge is 0.269 e. The zero-order valence-electron chi connectivity index (χ0n) is 15.2. The first-order chi connectivity index (χ1) is 12.6. The number of hydrogen-bond donors (Lipinski definition) is 2. The SMILES string of the molecule is COc1cccc(-c2cc(C(=O)NCc3ccc(C(C)C)cc3)[nH]n2)c1. The van der Waals surface area contributed by atoms with Gasteiger partial charge in [0.25, 0.3) is 5.91 Å². The van der Waals surface area contributed by atoms with Gasteiger partial charge in [0, 0.05) is 12.1 Å². The van der Waals surface area contributed by atoms with Gasteiger partial charge < -0.3 is 10.1 Å². The first kappa shape index (κ1) is 17.7. The van der Waals surface area contributed by atoms with Crippen LogP contribution in [0.15, 0.2) is 54.6 Å². The van der Waals surface area contributed by atoms with Crippen LogP contribution in [0.4, 0.5) is 0 Å². The molecule has 5 heteroatoms. The fourth-order valence-corrected chi connectivity index (χ4v) is 2.67. The molecule has 0 saturated heterocycles. The Balaban J connectivity index is 1.64. The highest BCUT2D eigenvalue weighted by Crippen LogP contribution is 2.22. The van der Waals surface area contributed by atoms with E-state index in [9.17, 15) is 4.79 Å². The van der Waals surface area contributed by atoms with Crippen molar-refractivity contribution in [1.82, 2.24) is 15.5 Å². The number of carbonyl (C=O) groups is 1. The minimum absolute atomic E-state index is 0.181. The zero-order valence-corrected chi connectivity index (χ0v) is 15.2. The molecule has 0 spiro atoms. The Morgan fingerprint density at radius 1 is 1.15 bits per heavy atom. The van der Waals surface area contributed by atoms with Crippen molar-refractivity contribution in [2.45, 2.75) is 26.3 Å². The molecular formula is C21H23N3O2. The maximum atomic E-state index is 12.4. The predicted octanol–water partition coefficient (Wildman–Crippen LogP) is 4.14. The van der Waals surface area contributed by atoms with Gasteiger partial charge in [-0.05, 0) is 35.2 Å². The van der Waals surface area contributed by atoms with Crippen molar-refractivity contribution < 1.29 is 9.53 Å². The first-order valence-corrected chi connectivity index (χ1v) is 8.63. The molecule has 5 nitrogen and oxygen atoms in total. The normalized spacial score (nSPS) is 10.8. The highest BCUT2D eigenvalue weighted by Gasteiger charge is 2.11. The molecule has 2 N–H and O–H groups in total. The number of aromatic amines is 1. The van der Waals surface area contributed by atoms with E-state index < -0.39 is 0 Å². The van der Waals surface area contributed by atoms with Gasteiger partial charge in [0.05, 0.1) is 12.8 Å². The number of carbonyl (C=O) groups excluding carboxylic acids is 1. The lowest BCUT2D eigenvalue weighted by Crippen LogP contribution is -2.23. The number of benzene rings is 2. The highest BCUT2D eigenvalue weighted by atomic mass is 16.5. The molecule has 0 atom stereocenters. The number of ether oxygens (including phenoxy) is 1. The van der Waals surface area contributed by atoms with Crippen molar-refractivity contribution in [3.63, 3.8) is 0 Å². The highest BCUT2D eigenvalue weighted by molar-refractivity contribution is 5.93. The average Bonchev–Trinajstić information content (AvgIpc) is 3.17. The van der Waals surface area contributed by atoms with Crippen LogP contribution in [0.25, 0.3) is 11.3 Å². The molecule has 0 saturated carbocycles. The number of rotatable bonds is 6. The van der Waals surface area contributed by atoms with Gasteiger partial charge >= 0.3 is 0 Å². The van der Waals surface area contributed by atoms with Crippen molar-refractivity contribution in [3.05, 3.63) is 71.4 Å². The van der Waals surface area contributed by atoms with E-state index in [1.165, 1.54) is 5.56 Å². The average molecular weight is 349 g/mol. The van der Waals surface area contributed by atoms with Crippen molar-refractivity contribution >= 4 is 5.91 Å². The summed E-state index contributed by atoms with van der Waals surface area (Å²) >= 11 is 0. The fraction of sp³-hybridized carbons (Fsp3) is 0.238. The Morgan fingerprint density at radius 3 is 2.62 bits per heavy atom. The van der Waals surface area contributed by atoms with Gasteiger partial charge in [-0.15, -0.1) is 0 Å². The lowest BCUT2D eigenvalue weighted by molar-refractivity contribution is 0.0946. The molecule has 134 valence electrons. The molecular weight excluding hydrogens is 326 g/mol. The van der Waals surface area contributed by atoms with Gasteiger partial charge in [-0.1, -0.05) is 50.2 Å². The molecule has 0 unspecified atom stereocenters. The number of hydrogen-bond acceptors (Lipinski definition) is 3. The number of methoxy groups -OCH3 is 1. The second kappa shape index (κ2) is 7.87. The predicted molar refractivity (Wildman–Crippen MR) is 102 cm³/mol. The van der Waals surface area contributed by atoms with Crippen molar-refractivity contribution in [3.8, 4) is 17.0 Å². The largest absolute Gasteiger partial charge is 0.497 e. The van der Waals surface area contributed by atoms with Crippen molar-refractivity contribution in [1.29, 1.82) is 0 Å². The van der Waals surface area contributed by atoms with E-state index in [2.05, 4.69) is 41.5 Å². The van der Waals surface area contributed by atoms with Gasteiger partial charge in [-0.3, -0.25) is 9.89 Å². The molecule has 0 fully saturated rings. The van der Waals surface area contributed by atoms with E-state index in [0.29, 0.717) is 23.9 Å². The quantitative estimate of drug-likeness (QED) is 0.703. The Hall–Kier alpha value is -3.08. The monoisotopic (exact) mass is 349 g/mol. The Bertz CT molecular complexity index is 882. The molecule has 0 radical (unpaired) electrons. The Morgan fingerprint density at radius 2 is 1.92 bits per heavy atom. The van der Waals surface area contributed by atoms with E-state index in [-0.39, 0.29) is 5.91 Å². The molecule has 0 aliphatic carbocycles. The molecule has 26 heavy (non-hydrogen) atoms. The molecule has 2 aromatic carbocycles. The number of aromatic nitrogens is 2. The molecule has 1 aromatic heterocycles. The van der Waals surface area contributed by atoms with Crippen LogP contribution in [0.1, 0.15) is 41.4 Å². The lowest BCUT2D eigenvalue weighted by Gasteiger charge is -2.07. The van der Waals surface area contributed by atoms with E-state index in [4.69, 9.17) is 4.74 Å².